The van der Waals surface area contributed by atoms with Crippen molar-refractivity contribution in [1.82, 2.24) is 0 Å². The van der Waals surface area contributed by atoms with Gasteiger partial charge in [-0.3, -0.25) is 0 Å². The first kappa shape index (κ1) is 13.4. The van der Waals surface area contributed by atoms with Gasteiger partial charge in [0.25, 0.3) is 0 Å². The number of hydrogen-bond acceptors (Lipinski definition) is 1. The van der Waals surface area contributed by atoms with Gasteiger partial charge in [0.2, 0.25) is 0 Å². The molecule has 1 aromatic rings. The molecule has 1 nitrogen and oxygen atoms in total. The van der Waals surface area contributed by atoms with E-state index in [0.717, 1.165) is 16.0 Å². The van der Waals surface area contributed by atoms with Crippen LogP contribution in [0.1, 0.15) is 43.2 Å². The van der Waals surface area contributed by atoms with E-state index in [1.165, 1.54) is 43.2 Å². The van der Waals surface area contributed by atoms with Gasteiger partial charge in [-0.05, 0) is 43.0 Å². The number of benzene rings is 1. The van der Waals surface area contributed by atoms with Crippen LogP contribution in [0.3, 0.4) is 0 Å². The molecule has 0 spiro atoms. The van der Waals surface area contributed by atoms with E-state index in [-0.39, 0.29) is 5.41 Å². The van der Waals surface area contributed by atoms with Crippen LogP contribution in [0.5, 0.6) is 0 Å². The lowest BCUT2D eigenvalue weighted by Crippen LogP contribution is -2.37. The second-order valence-electron chi connectivity index (χ2n) is 5.11. The lowest BCUT2D eigenvalue weighted by atomic mass is 9.68. The van der Waals surface area contributed by atoms with Crippen LogP contribution in [0.15, 0.2) is 16.6 Å². The van der Waals surface area contributed by atoms with Crippen LogP contribution in [-0.2, 0) is 5.41 Å². The van der Waals surface area contributed by atoms with Crippen LogP contribution in [0.4, 0.5) is 0 Å². The molecule has 1 fully saturated rings. The summed E-state index contributed by atoms with van der Waals surface area (Å²) < 4.78 is 1.06. The molecule has 17 heavy (non-hydrogen) atoms. The van der Waals surface area contributed by atoms with E-state index in [9.17, 15) is 0 Å². The van der Waals surface area contributed by atoms with Gasteiger partial charge < -0.3 is 5.73 Å². The maximum Gasteiger partial charge on any atom is 0.0449 e. The molecule has 94 valence electrons. The van der Waals surface area contributed by atoms with Crippen molar-refractivity contribution >= 4 is 27.5 Å². The summed E-state index contributed by atoms with van der Waals surface area (Å²) >= 11 is 9.83. The Bertz CT molecular complexity index is 411. The van der Waals surface area contributed by atoms with E-state index >= 15 is 0 Å². The molecule has 1 aliphatic carbocycles. The van der Waals surface area contributed by atoms with E-state index in [1.807, 2.05) is 6.07 Å². The van der Waals surface area contributed by atoms with Gasteiger partial charge in [-0.25, -0.2) is 0 Å². The first-order valence-corrected chi connectivity index (χ1v) is 7.42. The average molecular weight is 317 g/mol. The lowest BCUT2D eigenvalue weighted by Gasteiger charge is -2.38. The maximum absolute atomic E-state index is 6.29. The quantitative estimate of drug-likeness (QED) is 0.849. The molecule has 0 amide bonds. The number of halogens is 2. The molecule has 0 unspecified atom stereocenters. The van der Waals surface area contributed by atoms with E-state index in [4.69, 9.17) is 17.3 Å². The zero-order valence-corrected chi connectivity index (χ0v) is 12.6. The summed E-state index contributed by atoms with van der Waals surface area (Å²) in [6.45, 7) is 2.83. The van der Waals surface area contributed by atoms with E-state index < -0.39 is 0 Å². The van der Waals surface area contributed by atoms with Crippen LogP contribution in [0.2, 0.25) is 5.02 Å². The molecule has 1 saturated carbocycles. The molecule has 0 bridgehead atoms. The van der Waals surface area contributed by atoms with Crippen LogP contribution < -0.4 is 5.73 Å². The number of nitrogens with two attached hydrogens (primary N) is 1. The third kappa shape index (κ3) is 2.54. The van der Waals surface area contributed by atoms with E-state index in [2.05, 4.69) is 28.9 Å². The highest BCUT2D eigenvalue weighted by atomic mass is 79.9. The van der Waals surface area contributed by atoms with Crippen molar-refractivity contribution in [3.63, 3.8) is 0 Å². The maximum atomic E-state index is 6.29. The first-order chi connectivity index (χ1) is 8.09. The molecular formula is C14H19BrClN. The Kier molecular flexibility index (Phi) is 4.17. The minimum atomic E-state index is 0.149. The van der Waals surface area contributed by atoms with Crippen molar-refractivity contribution in [1.29, 1.82) is 0 Å². The second-order valence-corrected chi connectivity index (χ2v) is 6.43. The van der Waals surface area contributed by atoms with Crippen molar-refractivity contribution < 1.29 is 0 Å². The molecule has 0 aliphatic heterocycles. The predicted octanol–water partition coefficient (Wildman–Crippen LogP) is 4.57. The van der Waals surface area contributed by atoms with Gasteiger partial charge in [0.15, 0.2) is 0 Å². The van der Waals surface area contributed by atoms with Crippen molar-refractivity contribution in [2.45, 2.75) is 44.4 Å². The largest absolute Gasteiger partial charge is 0.330 e. The van der Waals surface area contributed by atoms with Crippen LogP contribution >= 0.6 is 27.5 Å². The highest BCUT2D eigenvalue weighted by molar-refractivity contribution is 9.10. The Labute approximate surface area is 117 Å². The van der Waals surface area contributed by atoms with E-state index in [0.29, 0.717) is 0 Å². The Balaban J connectivity index is 2.49. The normalized spacial score (nSPS) is 19.3. The van der Waals surface area contributed by atoms with Gasteiger partial charge in [0.1, 0.15) is 0 Å². The summed E-state index contributed by atoms with van der Waals surface area (Å²) in [4.78, 5) is 0. The monoisotopic (exact) mass is 315 g/mol. The molecule has 0 saturated heterocycles. The van der Waals surface area contributed by atoms with Crippen molar-refractivity contribution in [2.75, 3.05) is 6.54 Å². The van der Waals surface area contributed by atoms with Gasteiger partial charge in [-0.1, -0.05) is 46.8 Å². The second kappa shape index (κ2) is 5.29. The van der Waals surface area contributed by atoms with Gasteiger partial charge in [0.05, 0.1) is 0 Å². The van der Waals surface area contributed by atoms with Crippen LogP contribution in [0, 0.1) is 6.92 Å². The summed E-state index contributed by atoms with van der Waals surface area (Å²) in [6, 6.07) is 4.17. The average Bonchev–Trinajstić information content (AvgIpc) is 2.34. The molecule has 2 N–H and O–H groups in total. The SMILES string of the molecule is Cc1c(Cl)cc(Br)cc1C1(CN)CCCCC1. The summed E-state index contributed by atoms with van der Waals surface area (Å²) in [6.07, 6.45) is 6.28. The molecule has 0 aromatic heterocycles. The summed E-state index contributed by atoms with van der Waals surface area (Å²) in [5.74, 6) is 0. The third-order valence-electron chi connectivity index (χ3n) is 4.08. The molecule has 2 rings (SSSR count). The molecule has 3 heteroatoms. The molecule has 0 radical (unpaired) electrons. The fraction of sp³-hybridized carbons (Fsp3) is 0.571. The fourth-order valence-corrected chi connectivity index (χ4v) is 3.82. The highest BCUT2D eigenvalue weighted by Crippen LogP contribution is 2.42. The topological polar surface area (TPSA) is 26.0 Å². The van der Waals surface area contributed by atoms with Gasteiger partial charge in [-0.15, -0.1) is 0 Å². The first-order valence-electron chi connectivity index (χ1n) is 6.25. The van der Waals surface area contributed by atoms with Gasteiger partial charge in [0, 0.05) is 21.5 Å². The number of rotatable bonds is 2. The van der Waals surface area contributed by atoms with Crippen LogP contribution in [-0.4, -0.2) is 6.54 Å². The zero-order chi connectivity index (χ0) is 12.5. The minimum absolute atomic E-state index is 0.149. The summed E-state index contributed by atoms with van der Waals surface area (Å²) in [7, 11) is 0. The molecular weight excluding hydrogens is 298 g/mol. The standard InChI is InChI=1S/C14H19BrClN/c1-10-12(7-11(15)8-13(10)16)14(9-17)5-3-2-4-6-14/h7-8H,2-6,9,17H2,1H3. The Morgan fingerprint density at radius 3 is 2.53 bits per heavy atom. The molecule has 1 aromatic carbocycles. The predicted molar refractivity (Wildman–Crippen MR) is 77.7 cm³/mol. The Morgan fingerprint density at radius 2 is 1.94 bits per heavy atom. The summed E-state index contributed by atoms with van der Waals surface area (Å²) in [5, 5.41) is 0.841. The van der Waals surface area contributed by atoms with Gasteiger partial charge in [-0.2, -0.15) is 0 Å². The summed E-state index contributed by atoms with van der Waals surface area (Å²) in [5.41, 5.74) is 8.77. The molecule has 0 heterocycles. The third-order valence-corrected chi connectivity index (χ3v) is 4.93. The van der Waals surface area contributed by atoms with Crippen molar-refractivity contribution in [3.05, 3.63) is 32.8 Å². The van der Waals surface area contributed by atoms with Gasteiger partial charge >= 0.3 is 0 Å². The fourth-order valence-electron chi connectivity index (χ4n) is 3.01. The Hall–Kier alpha value is -0.0500. The molecule has 1 aliphatic rings. The smallest absolute Gasteiger partial charge is 0.0449 e. The van der Waals surface area contributed by atoms with Crippen molar-refractivity contribution in [2.24, 2.45) is 5.73 Å². The minimum Gasteiger partial charge on any atom is -0.330 e. The highest BCUT2D eigenvalue weighted by Gasteiger charge is 2.34. The zero-order valence-electron chi connectivity index (χ0n) is 10.2. The van der Waals surface area contributed by atoms with Crippen molar-refractivity contribution in [3.8, 4) is 0 Å². The number of hydrogen-bond donors (Lipinski definition) is 1. The lowest BCUT2D eigenvalue weighted by molar-refractivity contribution is 0.299. The van der Waals surface area contributed by atoms with E-state index in [1.54, 1.807) is 0 Å². The Morgan fingerprint density at radius 1 is 1.29 bits per heavy atom. The molecule has 0 atom stereocenters. The van der Waals surface area contributed by atoms with Crippen LogP contribution in [0.25, 0.3) is 0 Å².